The highest BCUT2D eigenvalue weighted by Crippen LogP contribution is 2.26. The van der Waals surface area contributed by atoms with Gasteiger partial charge < -0.3 is 15.4 Å². The van der Waals surface area contributed by atoms with E-state index in [0.717, 1.165) is 36.1 Å². The van der Waals surface area contributed by atoms with Gasteiger partial charge >= 0.3 is 0 Å². The Balaban J connectivity index is 2.02. The van der Waals surface area contributed by atoms with Crippen LogP contribution in [0.2, 0.25) is 0 Å². The number of carbonyl (C=O) groups is 1. The van der Waals surface area contributed by atoms with Gasteiger partial charge in [-0.2, -0.15) is 0 Å². The largest absolute Gasteiger partial charge is 0.496 e. The van der Waals surface area contributed by atoms with Crippen LogP contribution >= 0.6 is 0 Å². The number of rotatable bonds is 4. The zero-order valence-corrected chi connectivity index (χ0v) is 12.6. The zero-order chi connectivity index (χ0) is 14.7. The Bertz CT molecular complexity index is 487. The van der Waals surface area contributed by atoms with E-state index in [9.17, 15) is 4.79 Å². The Morgan fingerprint density at radius 3 is 2.75 bits per heavy atom. The van der Waals surface area contributed by atoms with Crippen molar-refractivity contribution in [2.24, 2.45) is 11.7 Å². The second-order valence-electron chi connectivity index (χ2n) is 5.70. The van der Waals surface area contributed by atoms with Gasteiger partial charge in [0, 0.05) is 19.6 Å². The van der Waals surface area contributed by atoms with Crippen LogP contribution in [0.5, 0.6) is 5.75 Å². The van der Waals surface area contributed by atoms with Crippen LogP contribution in [0, 0.1) is 12.8 Å². The molecule has 1 aliphatic rings. The molecule has 4 nitrogen and oxygen atoms in total. The summed E-state index contributed by atoms with van der Waals surface area (Å²) in [6.45, 7) is 2.63. The van der Waals surface area contributed by atoms with Crippen LogP contribution in [-0.2, 0) is 11.3 Å². The molecule has 0 bridgehead atoms. The Hall–Kier alpha value is -1.55. The fourth-order valence-corrected chi connectivity index (χ4v) is 2.97. The number of nitrogens with zero attached hydrogens (tertiary/aromatic N) is 1. The molecule has 20 heavy (non-hydrogen) atoms. The van der Waals surface area contributed by atoms with E-state index in [1.165, 1.54) is 0 Å². The molecule has 4 heteroatoms. The van der Waals surface area contributed by atoms with Crippen molar-refractivity contribution >= 4 is 5.91 Å². The lowest BCUT2D eigenvalue weighted by Gasteiger charge is -2.23. The van der Waals surface area contributed by atoms with Crippen molar-refractivity contribution < 1.29 is 9.53 Å². The number of hydrogen-bond acceptors (Lipinski definition) is 3. The van der Waals surface area contributed by atoms with Gasteiger partial charge in [0.15, 0.2) is 0 Å². The first-order valence-corrected chi connectivity index (χ1v) is 7.17. The molecule has 0 aliphatic heterocycles. The Morgan fingerprint density at radius 2 is 2.20 bits per heavy atom. The van der Waals surface area contributed by atoms with E-state index < -0.39 is 0 Å². The maximum absolute atomic E-state index is 12.4. The molecule has 1 aromatic carbocycles. The summed E-state index contributed by atoms with van der Waals surface area (Å²) in [6.07, 6.45) is 2.95. The third kappa shape index (κ3) is 3.12. The van der Waals surface area contributed by atoms with E-state index in [4.69, 9.17) is 10.5 Å². The van der Waals surface area contributed by atoms with Gasteiger partial charge in [0.25, 0.3) is 0 Å². The molecule has 1 saturated carbocycles. The van der Waals surface area contributed by atoms with Gasteiger partial charge in [-0.25, -0.2) is 0 Å². The van der Waals surface area contributed by atoms with Crippen LogP contribution in [-0.4, -0.2) is 31.0 Å². The summed E-state index contributed by atoms with van der Waals surface area (Å²) >= 11 is 0. The van der Waals surface area contributed by atoms with Crippen LogP contribution in [0.15, 0.2) is 18.2 Å². The second-order valence-corrected chi connectivity index (χ2v) is 5.70. The smallest absolute Gasteiger partial charge is 0.227 e. The summed E-state index contributed by atoms with van der Waals surface area (Å²) in [5.74, 6) is 1.04. The van der Waals surface area contributed by atoms with Crippen LogP contribution in [0.25, 0.3) is 0 Å². The van der Waals surface area contributed by atoms with Gasteiger partial charge in [-0.05, 0) is 37.0 Å². The molecule has 0 radical (unpaired) electrons. The first-order valence-electron chi connectivity index (χ1n) is 7.17. The Kier molecular flexibility index (Phi) is 4.65. The maximum Gasteiger partial charge on any atom is 0.227 e. The highest BCUT2D eigenvalue weighted by atomic mass is 16.5. The van der Waals surface area contributed by atoms with Crippen LogP contribution in [0.1, 0.15) is 30.4 Å². The minimum absolute atomic E-state index is 0.000606. The maximum atomic E-state index is 12.4. The molecule has 110 valence electrons. The number of hydrogen-bond donors (Lipinski definition) is 1. The number of ether oxygens (including phenoxy) is 1. The molecule has 0 saturated heterocycles. The van der Waals surface area contributed by atoms with Crippen LogP contribution < -0.4 is 10.5 Å². The van der Waals surface area contributed by atoms with Crippen molar-refractivity contribution in [1.82, 2.24) is 4.90 Å². The Labute approximate surface area is 120 Å². The molecular formula is C16H24N2O2. The van der Waals surface area contributed by atoms with Gasteiger partial charge in [0.2, 0.25) is 5.91 Å². The zero-order valence-electron chi connectivity index (χ0n) is 12.6. The predicted molar refractivity (Wildman–Crippen MR) is 79.5 cm³/mol. The molecule has 2 rings (SSSR count). The summed E-state index contributed by atoms with van der Waals surface area (Å²) < 4.78 is 5.25. The summed E-state index contributed by atoms with van der Waals surface area (Å²) in [6, 6.07) is 6.05. The third-order valence-electron chi connectivity index (χ3n) is 4.14. The van der Waals surface area contributed by atoms with Gasteiger partial charge in [-0.3, -0.25) is 4.79 Å². The fourth-order valence-electron chi connectivity index (χ4n) is 2.97. The van der Waals surface area contributed by atoms with E-state index in [0.29, 0.717) is 6.54 Å². The standard InChI is InChI=1S/C16H24N2O2/c1-11-9-12(7-8-15(11)20-3)10-18(2)16(19)13-5-4-6-14(13)17/h7-9,13-14H,4-6,10,17H2,1-3H3. The Morgan fingerprint density at radius 1 is 1.45 bits per heavy atom. The second kappa shape index (κ2) is 6.27. The molecule has 1 amide bonds. The highest BCUT2D eigenvalue weighted by Gasteiger charge is 2.32. The van der Waals surface area contributed by atoms with Gasteiger partial charge in [0.05, 0.1) is 13.0 Å². The fraction of sp³-hybridized carbons (Fsp3) is 0.562. The number of benzene rings is 1. The minimum Gasteiger partial charge on any atom is -0.496 e. The van der Waals surface area contributed by atoms with Crippen LogP contribution in [0.4, 0.5) is 0 Å². The molecule has 0 aromatic heterocycles. The number of aryl methyl sites for hydroxylation is 1. The molecule has 1 aromatic rings. The third-order valence-corrected chi connectivity index (χ3v) is 4.14. The van der Waals surface area contributed by atoms with Gasteiger partial charge in [0.1, 0.15) is 5.75 Å². The van der Waals surface area contributed by atoms with Gasteiger partial charge in [-0.1, -0.05) is 18.6 Å². The van der Waals surface area contributed by atoms with Crippen molar-refractivity contribution in [3.05, 3.63) is 29.3 Å². The molecule has 1 fully saturated rings. The van der Waals surface area contributed by atoms with E-state index in [1.807, 2.05) is 26.1 Å². The van der Waals surface area contributed by atoms with Crippen molar-refractivity contribution in [1.29, 1.82) is 0 Å². The van der Waals surface area contributed by atoms with E-state index in [2.05, 4.69) is 6.07 Å². The van der Waals surface area contributed by atoms with E-state index >= 15 is 0 Å². The summed E-state index contributed by atoms with van der Waals surface area (Å²) in [7, 11) is 3.52. The van der Waals surface area contributed by atoms with Crippen molar-refractivity contribution in [3.8, 4) is 5.75 Å². The molecule has 2 atom stereocenters. The average Bonchev–Trinajstić information content (AvgIpc) is 2.84. The lowest BCUT2D eigenvalue weighted by molar-refractivity contribution is -0.134. The number of methoxy groups -OCH3 is 1. The molecule has 0 heterocycles. The molecular weight excluding hydrogens is 252 g/mol. The number of nitrogens with two attached hydrogens (primary N) is 1. The lowest BCUT2D eigenvalue weighted by atomic mass is 10.0. The van der Waals surface area contributed by atoms with Crippen LogP contribution in [0.3, 0.4) is 0 Å². The average molecular weight is 276 g/mol. The summed E-state index contributed by atoms with van der Waals surface area (Å²) in [5, 5.41) is 0. The van der Waals surface area contributed by atoms with Crippen molar-refractivity contribution in [2.45, 2.75) is 38.8 Å². The number of amides is 1. The highest BCUT2D eigenvalue weighted by molar-refractivity contribution is 5.79. The lowest BCUT2D eigenvalue weighted by Crippen LogP contribution is -2.39. The number of carbonyl (C=O) groups excluding carboxylic acids is 1. The molecule has 2 N–H and O–H groups in total. The van der Waals surface area contributed by atoms with Gasteiger partial charge in [-0.15, -0.1) is 0 Å². The molecule has 2 unspecified atom stereocenters. The molecule has 1 aliphatic carbocycles. The normalized spacial score (nSPS) is 21.8. The summed E-state index contributed by atoms with van der Waals surface area (Å²) in [5.41, 5.74) is 8.21. The predicted octanol–water partition coefficient (Wildman–Crippen LogP) is 2.09. The first kappa shape index (κ1) is 14.9. The van der Waals surface area contributed by atoms with E-state index in [-0.39, 0.29) is 17.9 Å². The molecule has 0 spiro atoms. The topological polar surface area (TPSA) is 55.6 Å². The quantitative estimate of drug-likeness (QED) is 0.916. The summed E-state index contributed by atoms with van der Waals surface area (Å²) in [4.78, 5) is 14.2. The van der Waals surface area contributed by atoms with E-state index in [1.54, 1.807) is 12.0 Å². The van der Waals surface area contributed by atoms with Crippen molar-refractivity contribution in [2.75, 3.05) is 14.2 Å². The minimum atomic E-state index is -0.000606. The first-order chi connectivity index (χ1) is 9.52. The van der Waals surface area contributed by atoms with Crippen molar-refractivity contribution in [3.63, 3.8) is 0 Å². The SMILES string of the molecule is COc1ccc(CN(C)C(=O)C2CCCC2N)cc1C. The monoisotopic (exact) mass is 276 g/mol.